The summed E-state index contributed by atoms with van der Waals surface area (Å²) in [6.07, 6.45) is 2.95. The van der Waals surface area contributed by atoms with E-state index in [1.54, 1.807) is 6.33 Å². The van der Waals surface area contributed by atoms with E-state index < -0.39 is 0 Å². The molecule has 1 N–H and O–H groups in total. The highest BCUT2D eigenvalue weighted by Crippen LogP contribution is 2.18. The van der Waals surface area contributed by atoms with Crippen LogP contribution in [0.25, 0.3) is 27.6 Å². The van der Waals surface area contributed by atoms with E-state index in [4.69, 9.17) is 0 Å². The molecule has 2 aromatic carbocycles. The Hall–Kier alpha value is -3.87. The van der Waals surface area contributed by atoms with Crippen molar-refractivity contribution in [2.45, 2.75) is 12.8 Å². The summed E-state index contributed by atoms with van der Waals surface area (Å²) in [4.78, 5) is 21.2. The van der Waals surface area contributed by atoms with Crippen LogP contribution in [0.5, 0.6) is 0 Å². The number of hydrogen-bond acceptors (Lipinski definition) is 5. The lowest BCUT2D eigenvalue weighted by Crippen LogP contribution is -2.20. The average Bonchev–Trinajstić information content (AvgIpc) is 3.14. The number of rotatable bonds is 4. The van der Waals surface area contributed by atoms with E-state index in [-0.39, 0.29) is 5.56 Å². The van der Waals surface area contributed by atoms with Crippen LogP contribution in [0.2, 0.25) is 0 Å². The van der Waals surface area contributed by atoms with Crippen LogP contribution in [0.15, 0.2) is 71.8 Å². The zero-order valence-electron chi connectivity index (χ0n) is 14.9. The molecular formula is C21H16N6O. The van der Waals surface area contributed by atoms with Crippen LogP contribution in [0.1, 0.15) is 11.4 Å². The number of para-hydroxylation sites is 2. The quantitative estimate of drug-likeness (QED) is 0.527. The van der Waals surface area contributed by atoms with Gasteiger partial charge < -0.3 is 0 Å². The number of hydrogen-bond donors (Lipinski definition) is 1. The molecule has 5 aromatic rings. The van der Waals surface area contributed by atoms with Crippen LogP contribution in [-0.2, 0) is 12.8 Å². The molecule has 0 unspecified atom stereocenters. The van der Waals surface area contributed by atoms with Crippen molar-refractivity contribution in [3.8, 4) is 5.69 Å². The van der Waals surface area contributed by atoms with Crippen LogP contribution < -0.4 is 5.56 Å². The van der Waals surface area contributed by atoms with E-state index in [2.05, 4.69) is 25.3 Å². The number of nitrogens with one attached hydrogen (secondary N) is 1. The molecule has 0 spiro atoms. The summed E-state index contributed by atoms with van der Waals surface area (Å²) in [5.74, 6) is 0. The first-order valence-corrected chi connectivity index (χ1v) is 9.01. The molecule has 7 heteroatoms. The van der Waals surface area contributed by atoms with Crippen molar-refractivity contribution in [1.82, 2.24) is 29.9 Å². The number of benzene rings is 2. The summed E-state index contributed by atoms with van der Waals surface area (Å²) < 4.78 is 1.40. The van der Waals surface area contributed by atoms with Gasteiger partial charge in [0.05, 0.1) is 28.1 Å². The van der Waals surface area contributed by atoms with Crippen molar-refractivity contribution in [1.29, 1.82) is 0 Å². The monoisotopic (exact) mass is 368 g/mol. The predicted molar refractivity (Wildman–Crippen MR) is 106 cm³/mol. The largest absolute Gasteiger partial charge is 0.276 e. The van der Waals surface area contributed by atoms with Crippen molar-refractivity contribution in [2.75, 3.05) is 0 Å². The maximum absolute atomic E-state index is 12.4. The Kier molecular flexibility index (Phi) is 3.90. The summed E-state index contributed by atoms with van der Waals surface area (Å²) in [6, 6.07) is 18.9. The molecule has 0 aliphatic rings. The highest BCUT2D eigenvalue weighted by molar-refractivity contribution is 5.80. The SMILES string of the molecule is O=c1cc2[nH]nc(CCc3ncnc4ccccc34)c2nn1-c1ccccc1. The van der Waals surface area contributed by atoms with Crippen molar-refractivity contribution < 1.29 is 0 Å². The summed E-state index contributed by atoms with van der Waals surface area (Å²) >= 11 is 0. The number of aromatic nitrogens is 6. The first-order chi connectivity index (χ1) is 13.8. The highest BCUT2D eigenvalue weighted by atomic mass is 16.1. The van der Waals surface area contributed by atoms with E-state index in [9.17, 15) is 4.79 Å². The second-order valence-electron chi connectivity index (χ2n) is 6.50. The fourth-order valence-electron chi connectivity index (χ4n) is 3.36. The molecule has 3 aromatic heterocycles. The van der Waals surface area contributed by atoms with Gasteiger partial charge in [0.2, 0.25) is 0 Å². The molecule has 28 heavy (non-hydrogen) atoms. The minimum atomic E-state index is -0.198. The Morgan fingerprint density at radius 2 is 1.68 bits per heavy atom. The molecule has 5 rings (SSSR count). The second kappa shape index (κ2) is 6.70. The summed E-state index contributed by atoms with van der Waals surface area (Å²) in [6.45, 7) is 0. The van der Waals surface area contributed by atoms with E-state index in [0.29, 0.717) is 23.9 Å². The Bertz CT molecular complexity index is 1330. The maximum atomic E-state index is 12.4. The first-order valence-electron chi connectivity index (χ1n) is 9.01. The van der Waals surface area contributed by atoms with Gasteiger partial charge in [-0.25, -0.2) is 9.97 Å². The van der Waals surface area contributed by atoms with Gasteiger partial charge in [-0.15, -0.1) is 0 Å². The lowest BCUT2D eigenvalue weighted by atomic mass is 10.1. The van der Waals surface area contributed by atoms with Crippen LogP contribution in [0.4, 0.5) is 0 Å². The normalized spacial score (nSPS) is 11.3. The summed E-state index contributed by atoms with van der Waals surface area (Å²) in [5, 5.41) is 12.9. The average molecular weight is 368 g/mol. The third-order valence-corrected chi connectivity index (χ3v) is 4.74. The smallest absolute Gasteiger partial charge is 0.273 e. The highest BCUT2D eigenvalue weighted by Gasteiger charge is 2.13. The Morgan fingerprint density at radius 1 is 0.893 bits per heavy atom. The molecule has 0 atom stereocenters. The van der Waals surface area contributed by atoms with Crippen LogP contribution in [0.3, 0.4) is 0 Å². The lowest BCUT2D eigenvalue weighted by molar-refractivity contribution is 0.822. The standard InChI is InChI=1S/C21H16N6O/c28-20-12-19-21(26-27(20)14-6-2-1-3-7-14)18(24-25-19)11-10-17-15-8-4-5-9-16(15)22-13-23-17/h1-9,12-13,25H,10-11H2. The Morgan fingerprint density at radius 3 is 2.57 bits per heavy atom. The minimum absolute atomic E-state index is 0.198. The fraction of sp³-hybridized carbons (Fsp3) is 0.0952. The lowest BCUT2D eigenvalue weighted by Gasteiger charge is -2.05. The molecule has 0 amide bonds. The van der Waals surface area contributed by atoms with Crippen molar-refractivity contribution in [3.63, 3.8) is 0 Å². The zero-order chi connectivity index (χ0) is 18.9. The van der Waals surface area contributed by atoms with Crippen LogP contribution >= 0.6 is 0 Å². The van der Waals surface area contributed by atoms with Gasteiger partial charge in [-0.05, 0) is 31.0 Å². The van der Waals surface area contributed by atoms with Gasteiger partial charge in [0.1, 0.15) is 11.8 Å². The number of fused-ring (bicyclic) bond motifs is 2. The van der Waals surface area contributed by atoms with Crippen LogP contribution in [-0.4, -0.2) is 29.9 Å². The Balaban J connectivity index is 1.52. The van der Waals surface area contributed by atoms with Crippen molar-refractivity contribution in [2.24, 2.45) is 0 Å². The molecular weight excluding hydrogens is 352 g/mol. The molecule has 0 bridgehead atoms. The molecule has 136 valence electrons. The third kappa shape index (κ3) is 2.83. The van der Waals surface area contributed by atoms with Crippen molar-refractivity contribution in [3.05, 3.63) is 88.7 Å². The molecule has 0 fully saturated rings. The number of nitrogens with zero attached hydrogens (tertiary/aromatic N) is 5. The van der Waals surface area contributed by atoms with E-state index >= 15 is 0 Å². The molecule has 3 heterocycles. The van der Waals surface area contributed by atoms with Crippen molar-refractivity contribution >= 4 is 21.9 Å². The predicted octanol–water partition coefficient (Wildman–Crippen LogP) is 2.84. The molecule has 0 radical (unpaired) electrons. The number of aromatic amines is 1. The molecule has 0 saturated heterocycles. The minimum Gasteiger partial charge on any atom is -0.276 e. The number of aryl methyl sites for hydroxylation is 2. The Labute approximate surface area is 159 Å². The van der Waals surface area contributed by atoms with Crippen LogP contribution in [0, 0.1) is 0 Å². The molecule has 0 aliphatic heterocycles. The van der Waals surface area contributed by atoms with Gasteiger partial charge in [0.15, 0.2) is 0 Å². The summed E-state index contributed by atoms with van der Waals surface area (Å²) in [5.41, 5.74) is 4.57. The molecule has 0 aliphatic carbocycles. The van der Waals surface area contributed by atoms with Gasteiger partial charge in [-0.2, -0.15) is 14.9 Å². The fourth-order valence-corrected chi connectivity index (χ4v) is 3.36. The van der Waals surface area contributed by atoms with E-state index in [0.717, 1.165) is 28.0 Å². The summed E-state index contributed by atoms with van der Waals surface area (Å²) in [7, 11) is 0. The topological polar surface area (TPSA) is 89.3 Å². The van der Waals surface area contributed by atoms with Gasteiger partial charge in [0.25, 0.3) is 5.56 Å². The number of H-pyrrole nitrogens is 1. The van der Waals surface area contributed by atoms with E-state index in [1.807, 2.05) is 54.6 Å². The second-order valence-corrected chi connectivity index (χ2v) is 6.50. The third-order valence-electron chi connectivity index (χ3n) is 4.74. The van der Waals surface area contributed by atoms with Gasteiger partial charge in [0, 0.05) is 11.5 Å². The molecule has 7 nitrogen and oxygen atoms in total. The zero-order valence-corrected chi connectivity index (χ0v) is 14.9. The van der Waals surface area contributed by atoms with Gasteiger partial charge >= 0.3 is 0 Å². The molecule has 0 saturated carbocycles. The van der Waals surface area contributed by atoms with Gasteiger partial charge in [-0.3, -0.25) is 9.89 Å². The van der Waals surface area contributed by atoms with E-state index in [1.165, 1.54) is 10.7 Å². The first kappa shape index (κ1) is 16.3. The van der Waals surface area contributed by atoms with Gasteiger partial charge in [-0.1, -0.05) is 36.4 Å². The maximum Gasteiger partial charge on any atom is 0.273 e.